The monoisotopic (exact) mass is 328 g/mol. The van der Waals surface area contributed by atoms with Gasteiger partial charge in [-0.3, -0.25) is 9.69 Å². The van der Waals surface area contributed by atoms with E-state index in [-0.39, 0.29) is 11.7 Å². The number of thiocarbonyl (C=S) groups is 1. The molecule has 4 nitrogen and oxygen atoms in total. The highest BCUT2D eigenvalue weighted by Gasteiger charge is 2.33. The predicted molar refractivity (Wildman–Crippen MR) is 94.6 cm³/mol. The maximum atomic E-state index is 12.6. The van der Waals surface area contributed by atoms with Crippen LogP contribution in [-0.2, 0) is 4.79 Å². The molecule has 0 saturated carbocycles. The number of phenolic OH excluding ortho intramolecular Hbond substituents is 1. The van der Waals surface area contributed by atoms with Crippen molar-refractivity contribution in [3.05, 3.63) is 59.0 Å². The molecule has 2 aromatic carbocycles. The smallest absolute Gasteiger partial charge is 0.270 e. The lowest BCUT2D eigenvalue weighted by Crippen LogP contribution is -2.27. The van der Waals surface area contributed by atoms with Crippen molar-refractivity contribution in [2.24, 2.45) is 0 Å². The highest BCUT2D eigenvalue weighted by Crippen LogP contribution is 2.36. The molecule has 110 valence electrons. The number of rotatable bonds is 2. The molecule has 1 aliphatic heterocycles. The second-order valence-corrected chi connectivity index (χ2v) is 6.38. The van der Waals surface area contributed by atoms with Crippen molar-refractivity contribution in [3.8, 4) is 5.75 Å². The third-order valence-electron chi connectivity index (χ3n) is 3.11. The molecule has 0 radical (unpaired) electrons. The maximum absolute atomic E-state index is 12.6. The fraction of sp³-hybridized carbons (Fsp3) is 0. The molecule has 22 heavy (non-hydrogen) atoms. The topological polar surface area (TPSA) is 66.6 Å². The number of nitrogens with zero attached hydrogens (tertiary/aromatic N) is 1. The van der Waals surface area contributed by atoms with Crippen molar-refractivity contribution in [2.75, 3.05) is 10.6 Å². The summed E-state index contributed by atoms with van der Waals surface area (Å²) in [5, 5.41) is 9.29. The SMILES string of the molecule is Nc1cccc(N2C(=O)/C(=C\c3ccc(O)cc3)SC2=S)c1. The number of amides is 1. The summed E-state index contributed by atoms with van der Waals surface area (Å²) >= 11 is 6.55. The lowest BCUT2D eigenvalue weighted by atomic mass is 10.2. The third-order valence-corrected chi connectivity index (χ3v) is 4.42. The fourth-order valence-electron chi connectivity index (χ4n) is 2.08. The van der Waals surface area contributed by atoms with Crippen LogP contribution in [0.2, 0.25) is 0 Å². The van der Waals surface area contributed by atoms with Crippen molar-refractivity contribution in [1.82, 2.24) is 0 Å². The largest absolute Gasteiger partial charge is 0.508 e. The van der Waals surface area contributed by atoms with Crippen LogP contribution in [0.1, 0.15) is 5.56 Å². The van der Waals surface area contributed by atoms with Gasteiger partial charge in [-0.15, -0.1) is 0 Å². The molecule has 3 N–H and O–H groups in total. The van der Waals surface area contributed by atoms with Crippen LogP contribution in [-0.4, -0.2) is 15.3 Å². The Hall–Kier alpha value is -2.31. The molecular weight excluding hydrogens is 316 g/mol. The zero-order valence-electron chi connectivity index (χ0n) is 11.4. The second-order valence-electron chi connectivity index (χ2n) is 4.70. The van der Waals surface area contributed by atoms with Gasteiger partial charge < -0.3 is 10.8 Å². The van der Waals surface area contributed by atoms with Gasteiger partial charge in [0.25, 0.3) is 5.91 Å². The Bertz CT molecular complexity index is 785. The van der Waals surface area contributed by atoms with E-state index in [2.05, 4.69) is 0 Å². The molecule has 2 aromatic rings. The summed E-state index contributed by atoms with van der Waals surface area (Å²) in [5.41, 5.74) is 7.83. The maximum Gasteiger partial charge on any atom is 0.270 e. The van der Waals surface area contributed by atoms with Gasteiger partial charge in [0.1, 0.15) is 5.75 Å². The van der Waals surface area contributed by atoms with Gasteiger partial charge >= 0.3 is 0 Å². The highest BCUT2D eigenvalue weighted by atomic mass is 32.2. The molecule has 0 bridgehead atoms. The predicted octanol–water partition coefficient (Wildman–Crippen LogP) is 3.38. The first-order valence-electron chi connectivity index (χ1n) is 6.47. The molecule has 1 amide bonds. The summed E-state index contributed by atoms with van der Waals surface area (Å²) in [5.74, 6) is 0.0122. The first-order valence-corrected chi connectivity index (χ1v) is 7.69. The van der Waals surface area contributed by atoms with Crippen molar-refractivity contribution in [2.45, 2.75) is 0 Å². The third kappa shape index (κ3) is 2.84. The van der Waals surface area contributed by atoms with Crippen LogP contribution in [0, 0.1) is 0 Å². The van der Waals surface area contributed by atoms with Crippen molar-refractivity contribution < 1.29 is 9.90 Å². The Kier molecular flexibility index (Phi) is 3.87. The van der Waals surface area contributed by atoms with Gasteiger partial charge in [0.2, 0.25) is 0 Å². The molecule has 0 spiro atoms. The van der Waals surface area contributed by atoms with E-state index in [1.165, 1.54) is 16.7 Å². The minimum absolute atomic E-state index is 0.173. The summed E-state index contributed by atoms with van der Waals surface area (Å²) < 4.78 is 0.473. The number of hydrogen-bond donors (Lipinski definition) is 2. The van der Waals surface area contributed by atoms with Gasteiger partial charge in [0, 0.05) is 5.69 Å². The van der Waals surface area contributed by atoms with Gasteiger partial charge in [-0.1, -0.05) is 42.2 Å². The van der Waals surface area contributed by atoms with Crippen molar-refractivity contribution >= 4 is 51.7 Å². The first-order chi connectivity index (χ1) is 10.5. The number of nitrogens with two attached hydrogens (primary N) is 1. The number of anilines is 2. The molecule has 1 aliphatic rings. The highest BCUT2D eigenvalue weighted by molar-refractivity contribution is 8.27. The summed E-state index contributed by atoms with van der Waals surface area (Å²) in [4.78, 5) is 14.6. The Morgan fingerprint density at radius 1 is 1.18 bits per heavy atom. The number of carbonyl (C=O) groups is 1. The number of phenols is 1. The second kappa shape index (κ2) is 5.82. The number of hydrogen-bond acceptors (Lipinski definition) is 5. The van der Waals surface area contributed by atoms with E-state index < -0.39 is 0 Å². The zero-order valence-corrected chi connectivity index (χ0v) is 13.0. The minimum atomic E-state index is -0.173. The van der Waals surface area contributed by atoms with Crippen LogP contribution in [0.3, 0.4) is 0 Å². The number of thioether (sulfide) groups is 1. The lowest BCUT2D eigenvalue weighted by molar-refractivity contribution is -0.113. The van der Waals surface area contributed by atoms with Crippen LogP contribution >= 0.6 is 24.0 Å². The lowest BCUT2D eigenvalue weighted by Gasteiger charge is -2.14. The number of benzene rings is 2. The molecule has 1 fully saturated rings. The first kappa shape index (κ1) is 14.6. The van der Waals surface area contributed by atoms with Crippen molar-refractivity contribution in [3.63, 3.8) is 0 Å². The van der Waals surface area contributed by atoms with Crippen LogP contribution in [0.4, 0.5) is 11.4 Å². The quantitative estimate of drug-likeness (QED) is 0.502. The molecule has 1 heterocycles. The van der Waals surface area contributed by atoms with Gasteiger partial charge in [0.15, 0.2) is 4.32 Å². The van der Waals surface area contributed by atoms with E-state index in [1.54, 1.807) is 54.6 Å². The molecule has 3 rings (SSSR count). The van der Waals surface area contributed by atoms with E-state index >= 15 is 0 Å². The molecule has 0 atom stereocenters. The normalized spacial score (nSPS) is 16.5. The van der Waals surface area contributed by atoms with Gasteiger partial charge in [-0.25, -0.2) is 0 Å². The molecule has 1 saturated heterocycles. The molecule has 6 heteroatoms. The average Bonchev–Trinajstić information content (AvgIpc) is 2.76. The standard InChI is InChI=1S/C16H12N2O2S2/c17-11-2-1-3-12(9-11)18-15(20)14(22-16(18)21)8-10-4-6-13(19)7-5-10/h1-9,19H,17H2/b14-8+. The van der Waals surface area contributed by atoms with Crippen molar-refractivity contribution in [1.29, 1.82) is 0 Å². The number of nitrogen functional groups attached to an aromatic ring is 1. The Morgan fingerprint density at radius 2 is 1.91 bits per heavy atom. The van der Waals surface area contributed by atoms with Crippen LogP contribution in [0.25, 0.3) is 6.08 Å². The van der Waals surface area contributed by atoms with Gasteiger partial charge in [-0.2, -0.15) is 0 Å². The van der Waals surface area contributed by atoms with Crippen LogP contribution in [0.5, 0.6) is 5.75 Å². The Morgan fingerprint density at radius 3 is 2.59 bits per heavy atom. The fourth-order valence-corrected chi connectivity index (χ4v) is 3.38. The van der Waals surface area contributed by atoms with Gasteiger partial charge in [0.05, 0.1) is 10.6 Å². The van der Waals surface area contributed by atoms with Gasteiger partial charge in [-0.05, 0) is 42.0 Å². The Labute approximate surface area is 137 Å². The summed E-state index contributed by atoms with van der Waals surface area (Å²) in [6, 6.07) is 13.7. The Balaban J connectivity index is 1.93. The molecule has 0 aliphatic carbocycles. The number of aromatic hydroxyl groups is 1. The summed E-state index contributed by atoms with van der Waals surface area (Å²) in [7, 11) is 0. The van der Waals surface area contributed by atoms with Crippen LogP contribution in [0.15, 0.2) is 53.4 Å². The van der Waals surface area contributed by atoms with E-state index in [1.807, 2.05) is 0 Å². The average molecular weight is 328 g/mol. The minimum Gasteiger partial charge on any atom is -0.508 e. The summed E-state index contributed by atoms with van der Waals surface area (Å²) in [6.07, 6.45) is 1.75. The molecular formula is C16H12N2O2S2. The van der Waals surface area contributed by atoms with Crippen LogP contribution < -0.4 is 10.6 Å². The van der Waals surface area contributed by atoms with E-state index in [0.717, 1.165) is 5.56 Å². The summed E-state index contributed by atoms with van der Waals surface area (Å²) in [6.45, 7) is 0. The zero-order chi connectivity index (χ0) is 15.7. The van der Waals surface area contributed by atoms with E-state index in [9.17, 15) is 9.90 Å². The molecule has 0 unspecified atom stereocenters. The van der Waals surface area contributed by atoms with E-state index in [0.29, 0.717) is 20.6 Å². The molecule has 0 aromatic heterocycles. The van der Waals surface area contributed by atoms with E-state index in [4.69, 9.17) is 18.0 Å². The number of carbonyl (C=O) groups excluding carboxylic acids is 1.